The molecule has 3 rings (SSSR count). The van der Waals surface area contributed by atoms with Gasteiger partial charge in [0.25, 0.3) is 0 Å². The van der Waals surface area contributed by atoms with Crippen LogP contribution in [0.5, 0.6) is 5.75 Å². The first-order chi connectivity index (χ1) is 8.70. The second-order valence-corrected chi connectivity index (χ2v) is 4.19. The van der Waals surface area contributed by atoms with Gasteiger partial charge in [-0.2, -0.15) is 5.10 Å². The van der Waals surface area contributed by atoms with Crippen molar-refractivity contribution < 1.29 is 4.74 Å². The normalized spacial score (nSPS) is 11.0. The molecule has 0 aliphatic carbocycles. The highest BCUT2D eigenvalue weighted by atomic mass is 16.5. The maximum absolute atomic E-state index is 5.96. The minimum absolute atomic E-state index is 0.675. The quantitative estimate of drug-likeness (QED) is 0.723. The molecule has 92 valence electrons. The van der Waals surface area contributed by atoms with Gasteiger partial charge in [-0.1, -0.05) is 0 Å². The molecule has 3 N–H and O–H groups in total. The predicted octanol–water partition coefficient (Wildman–Crippen LogP) is 2.16. The van der Waals surface area contributed by atoms with Gasteiger partial charge in [0.1, 0.15) is 5.75 Å². The Balaban J connectivity index is 2.25. The summed E-state index contributed by atoms with van der Waals surface area (Å²) in [4.78, 5) is 3.23. The molecule has 0 atom stereocenters. The number of ether oxygens (including phenoxy) is 1. The van der Waals surface area contributed by atoms with E-state index in [1.54, 1.807) is 18.0 Å². The zero-order valence-corrected chi connectivity index (χ0v) is 10.3. The Morgan fingerprint density at radius 1 is 1.39 bits per heavy atom. The van der Waals surface area contributed by atoms with Crippen molar-refractivity contribution in [2.24, 2.45) is 7.05 Å². The van der Waals surface area contributed by atoms with Gasteiger partial charge in [-0.25, -0.2) is 0 Å². The number of nitrogen functional groups attached to an aromatic ring is 1. The third-order valence-corrected chi connectivity index (χ3v) is 3.11. The number of aryl methyl sites for hydroxylation is 1. The zero-order chi connectivity index (χ0) is 12.7. The number of nitrogens with zero attached hydrogens (tertiary/aromatic N) is 2. The van der Waals surface area contributed by atoms with E-state index in [-0.39, 0.29) is 0 Å². The Hall–Kier alpha value is -2.43. The Labute approximate surface area is 104 Å². The summed E-state index contributed by atoms with van der Waals surface area (Å²) in [7, 11) is 3.54. The van der Waals surface area contributed by atoms with Gasteiger partial charge in [-0.15, -0.1) is 0 Å². The van der Waals surface area contributed by atoms with Crippen molar-refractivity contribution in [2.45, 2.75) is 0 Å². The van der Waals surface area contributed by atoms with E-state index in [2.05, 4.69) is 10.1 Å². The summed E-state index contributed by atoms with van der Waals surface area (Å²) in [6, 6.07) is 5.92. The lowest BCUT2D eigenvalue weighted by Crippen LogP contribution is -1.95. The van der Waals surface area contributed by atoms with Crippen molar-refractivity contribution >= 4 is 16.6 Å². The van der Waals surface area contributed by atoms with Crippen molar-refractivity contribution in [3.63, 3.8) is 0 Å². The molecule has 3 aromatic rings. The van der Waals surface area contributed by atoms with E-state index in [1.165, 1.54) is 0 Å². The average molecular weight is 242 g/mol. The molecule has 0 amide bonds. The summed E-state index contributed by atoms with van der Waals surface area (Å²) in [5.41, 5.74) is 9.62. The third-order valence-electron chi connectivity index (χ3n) is 3.11. The number of rotatable bonds is 2. The smallest absolute Gasteiger partial charge is 0.120 e. The fourth-order valence-corrected chi connectivity index (χ4v) is 2.21. The lowest BCUT2D eigenvalue weighted by atomic mass is 10.1. The number of aromatic amines is 1. The number of benzene rings is 1. The van der Waals surface area contributed by atoms with Crippen LogP contribution in [0.3, 0.4) is 0 Å². The summed E-state index contributed by atoms with van der Waals surface area (Å²) >= 11 is 0. The molecule has 0 unspecified atom stereocenters. The van der Waals surface area contributed by atoms with Gasteiger partial charge in [0.2, 0.25) is 0 Å². The summed E-state index contributed by atoms with van der Waals surface area (Å²) in [5, 5.41) is 5.27. The molecule has 0 spiro atoms. The third kappa shape index (κ3) is 1.44. The number of hydrogen-bond acceptors (Lipinski definition) is 3. The number of H-pyrrole nitrogens is 1. The van der Waals surface area contributed by atoms with Crippen LogP contribution in [0.25, 0.3) is 22.2 Å². The first kappa shape index (κ1) is 10.7. The number of nitrogens with two attached hydrogens (primary N) is 1. The minimum atomic E-state index is 0.675. The van der Waals surface area contributed by atoms with Crippen molar-refractivity contribution in [3.05, 3.63) is 30.6 Å². The van der Waals surface area contributed by atoms with E-state index in [9.17, 15) is 0 Å². The molecule has 0 bridgehead atoms. The van der Waals surface area contributed by atoms with Crippen molar-refractivity contribution in [2.75, 3.05) is 12.8 Å². The van der Waals surface area contributed by atoms with Crippen LogP contribution in [0.2, 0.25) is 0 Å². The number of hydrogen-bond donors (Lipinski definition) is 2. The molecular formula is C13H14N4O. The summed E-state index contributed by atoms with van der Waals surface area (Å²) in [6.45, 7) is 0. The van der Waals surface area contributed by atoms with Crippen LogP contribution in [0.1, 0.15) is 0 Å². The molecule has 0 aliphatic rings. The van der Waals surface area contributed by atoms with E-state index in [1.807, 2.05) is 31.4 Å². The maximum atomic E-state index is 5.96. The van der Waals surface area contributed by atoms with Crippen LogP contribution in [-0.4, -0.2) is 21.9 Å². The number of nitrogens with one attached hydrogen (secondary N) is 1. The van der Waals surface area contributed by atoms with Gasteiger partial charge in [0.05, 0.1) is 24.7 Å². The molecule has 5 heteroatoms. The highest BCUT2D eigenvalue weighted by molar-refractivity contribution is 5.97. The van der Waals surface area contributed by atoms with Gasteiger partial charge in [0, 0.05) is 35.8 Å². The standard InChI is InChI=1S/C13H14N4O/c1-17-13(11(14)7-16-17)10-6-15-12-5-8(18-2)3-4-9(10)12/h3-7,15H,14H2,1-2H3. The van der Waals surface area contributed by atoms with Crippen LogP contribution >= 0.6 is 0 Å². The van der Waals surface area contributed by atoms with E-state index in [4.69, 9.17) is 10.5 Å². The molecule has 0 saturated heterocycles. The fraction of sp³-hybridized carbons (Fsp3) is 0.154. The minimum Gasteiger partial charge on any atom is -0.497 e. The van der Waals surface area contributed by atoms with E-state index < -0.39 is 0 Å². The van der Waals surface area contributed by atoms with Gasteiger partial charge in [0.15, 0.2) is 0 Å². The first-order valence-electron chi connectivity index (χ1n) is 5.63. The summed E-state index contributed by atoms with van der Waals surface area (Å²) in [6.07, 6.45) is 3.61. The SMILES string of the molecule is COc1ccc2c(-c3c(N)cnn3C)c[nH]c2c1. The lowest BCUT2D eigenvalue weighted by molar-refractivity contribution is 0.415. The van der Waals surface area contributed by atoms with Gasteiger partial charge >= 0.3 is 0 Å². The lowest BCUT2D eigenvalue weighted by Gasteiger charge is -2.03. The Kier molecular flexibility index (Phi) is 2.26. The second kappa shape index (κ2) is 3.80. The van der Waals surface area contributed by atoms with Crippen LogP contribution < -0.4 is 10.5 Å². The van der Waals surface area contributed by atoms with Crippen LogP contribution in [0.15, 0.2) is 30.6 Å². The van der Waals surface area contributed by atoms with Crippen molar-refractivity contribution in [1.82, 2.24) is 14.8 Å². The van der Waals surface area contributed by atoms with Crippen LogP contribution in [-0.2, 0) is 7.05 Å². The Bertz CT molecular complexity index is 691. The molecule has 0 radical (unpaired) electrons. The molecule has 5 nitrogen and oxygen atoms in total. The number of methoxy groups -OCH3 is 1. The highest BCUT2D eigenvalue weighted by Gasteiger charge is 2.13. The molecule has 18 heavy (non-hydrogen) atoms. The number of anilines is 1. The second-order valence-electron chi connectivity index (χ2n) is 4.19. The zero-order valence-electron chi connectivity index (χ0n) is 10.3. The molecule has 0 fully saturated rings. The van der Waals surface area contributed by atoms with Crippen molar-refractivity contribution in [1.29, 1.82) is 0 Å². The average Bonchev–Trinajstić information content (AvgIpc) is 2.92. The van der Waals surface area contributed by atoms with Gasteiger partial charge in [-0.3, -0.25) is 4.68 Å². The van der Waals surface area contributed by atoms with Gasteiger partial charge in [-0.05, 0) is 12.1 Å². The molecule has 0 aliphatic heterocycles. The maximum Gasteiger partial charge on any atom is 0.120 e. The highest BCUT2D eigenvalue weighted by Crippen LogP contribution is 2.33. The topological polar surface area (TPSA) is 68.9 Å². The van der Waals surface area contributed by atoms with Crippen LogP contribution in [0, 0.1) is 0 Å². The van der Waals surface area contributed by atoms with Crippen molar-refractivity contribution in [3.8, 4) is 17.0 Å². The fourth-order valence-electron chi connectivity index (χ4n) is 2.21. The van der Waals surface area contributed by atoms with Gasteiger partial charge < -0.3 is 15.5 Å². The molecule has 0 saturated carbocycles. The number of fused-ring (bicyclic) bond motifs is 1. The van der Waals surface area contributed by atoms with Crippen LogP contribution in [0.4, 0.5) is 5.69 Å². The summed E-state index contributed by atoms with van der Waals surface area (Å²) < 4.78 is 6.99. The molecular weight excluding hydrogens is 228 g/mol. The number of aromatic nitrogens is 3. The van der Waals surface area contributed by atoms with E-state index in [0.717, 1.165) is 27.9 Å². The van der Waals surface area contributed by atoms with E-state index in [0.29, 0.717) is 5.69 Å². The Morgan fingerprint density at radius 3 is 2.89 bits per heavy atom. The predicted molar refractivity (Wildman–Crippen MR) is 71.5 cm³/mol. The monoisotopic (exact) mass is 242 g/mol. The molecule has 2 heterocycles. The summed E-state index contributed by atoms with van der Waals surface area (Å²) in [5.74, 6) is 0.828. The largest absolute Gasteiger partial charge is 0.497 e. The molecule has 1 aromatic carbocycles. The van der Waals surface area contributed by atoms with E-state index >= 15 is 0 Å². The molecule has 2 aromatic heterocycles. The first-order valence-corrected chi connectivity index (χ1v) is 5.63. The Morgan fingerprint density at radius 2 is 2.22 bits per heavy atom.